The molecule has 0 unspecified atom stereocenters. The second kappa shape index (κ2) is 6.76. The monoisotopic (exact) mass is 315 g/mol. The number of hydrogen-bond donors (Lipinski definition) is 0. The summed E-state index contributed by atoms with van der Waals surface area (Å²) in [6, 6.07) is 5.34. The smallest absolute Gasteiger partial charge is 0.255 e. The van der Waals surface area contributed by atoms with E-state index in [2.05, 4.69) is 20.1 Å². The molecule has 0 saturated carbocycles. The Morgan fingerprint density at radius 1 is 1.26 bits per heavy atom. The first-order chi connectivity index (χ1) is 11.1. The van der Waals surface area contributed by atoms with Crippen LogP contribution in [0.25, 0.3) is 0 Å². The summed E-state index contributed by atoms with van der Waals surface area (Å²) >= 11 is 0. The summed E-state index contributed by atoms with van der Waals surface area (Å²) in [5, 5.41) is 8.00. The zero-order valence-electron chi connectivity index (χ0n) is 13.5. The lowest BCUT2D eigenvalue weighted by atomic mass is 9.98. The lowest BCUT2D eigenvalue weighted by molar-refractivity contribution is 0.214. The van der Waals surface area contributed by atoms with Crippen LogP contribution in [0.15, 0.2) is 29.3 Å². The molecule has 0 amide bonds. The van der Waals surface area contributed by atoms with Gasteiger partial charge in [0.2, 0.25) is 5.88 Å². The third-order valence-corrected chi connectivity index (χ3v) is 4.14. The quantitative estimate of drug-likeness (QED) is 0.843. The Kier molecular flexibility index (Phi) is 4.55. The van der Waals surface area contributed by atoms with Gasteiger partial charge >= 0.3 is 0 Å². The van der Waals surface area contributed by atoms with Crippen LogP contribution >= 0.6 is 0 Å². The van der Waals surface area contributed by atoms with E-state index in [1.807, 2.05) is 19.1 Å². The molecule has 1 aliphatic rings. The molecule has 7 nitrogen and oxygen atoms in total. The summed E-state index contributed by atoms with van der Waals surface area (Å²) in [6.07, 6.45) is 3.59. The van der Waals surface area contributed by atoms with Gasteiger partial charge in [0.15, 0.2) is 0 Å². The number of anilines is 1. The Hall–Kier alpha value is -2.44. The zero-order chi connectivity index (χ0) is 16.2. The molecule has 1 fully saturated rings. The van der Waals surface area contributed by atoms with Crippen LogP contribution in [0, 0.1) is 12.8 Å². The van der Waals surface area contributed by atoms with Crippen molar-refractivity contribution in [3.63, 3.8) is 0 Å². The SMILES string of the molecule is Cc1ccc(OCC2CCN(c3cc(=O)n(C)cn3)CC2)nn1. The molecule has 122 valence electrons. The van der Waals surface area contributed by atoms with Crippen LogP contribution in [-0.4, -0.2) is 39.4 Å². The van der Waals surface area contributed by atoms with Gasteiger partial charge in [-0.15, -0.1) is 5.10 Å². The minimum Gasteiger partial charge on any atom is -0.476 e. The van der Waals surface area contributed by atoms with Crippen molar-refractivity contribution >= 4 is 5.82 Å². The van der Waals surface area contributed by atoms with Gasteiger partial charge in [-0.25, -0.2) is 4.98 Å². The van der Waals surface area contributed by atoms with Gasteiger partial charge in [0, 0.05) is 32.3 Å². The summed E-state index contributed by atoms with van der Waals surface area (Å²) in [4.78, 5) is 18.2. The van der Waals surface area contributed by atoms with Crippen molar-refractivity contribution in [3.8, 4) is 5.88 Å². The number of nitrogens with zero attached hydrogens (tertiary/aromatic N) is 5. The van der Waals surface area contributed by atoms with Crippen molar-refractivity contribution in [2.24, 2.45) is 13.0 Å². The molecule has 0 radical (unpaired) electrons. The Bertz CT molecular complexity index is 705. The van der Waals surface area contributed by atoms with Crippen LogP contribution in [-0.2, 0) is 7.05 Å². The van der Waals surface area contributed by atoms with Crippen molar-refractivity contribution in [1.82, 2.24) is 19.7 Å². The van der Waals surface area contributed by atoms with Crippen molar-refractivity contribution in [2.75, 3.05) is 24.6 Å². The van der Waals surface area contributed by atoms with E-state index in [0.717, 1.165) is 37.4 Å². The Labute approximate surface area is 134 Å². The first kappa shape index (κ1) is 15.5. The highest BCUT2D eigenvalue weighted by molar-refractivity contribution is 5.37. The van der Waals surface area contributed by atoms with Gasteiger partial charge in [-0.05, 0) is 31.7 Å². The molecule has 0 aliphatic carbocycles. The third kappa shape index (κ3) is 3.85. The Morgan fingerprint density at radius 2 is 2.04 bits per heavy atom. The van der Waals surface area contributed by atoms with Gasteiger partial charge < -0.3 is 14.2 Å². The highest BCUT2D eigenvalue weighted by atomic mass is 16.5. The van der Waals surface area contributed by atoms with Crippen molar-refractivity contribution < 1.29 is 4.74 Å². The molecule has 2 aromatic heterocycles. The summed E-state index contributed by atoms with van der Waals surface area (Å²) in [5.41, 5.74) is 0.852. The fourth-order valence-corrected chi connectivity index (χ4v) is 2.62. The Balaban J connectivity index is 1.51. The largest absolute Gasteiger partial charge is 0.476 e. The summed E-state index contributed by atoms with van der Waals surface area (Å²) in [6.45, 7) is 4.31. The Morgan fingerprint density at radius 3 is 2.70 bits per heavy atom. The van der Waals surface area contributed by atoms with E-state index in [9.17, 15) is 4.79 Å². The molecule has 0 bridgehead atoms. The van der Waals surface area contributed by atoms with E-state index in [1.165, 1.54) is 4.57 Å². The lowest BCUT2D eigenvalue weighted by Crippen LogP contribution is -2.37. The zero-order valence-corrected chi connectivity index (χ0v) is 13.5. The molecule has 0 N–H and O–H groups in total. The average Bonchev–Trinajstić information content (AvgIpc) is 2.57. The van der Waals surface area contributed by atoms with Crippen molar-refractivity contribution in [3.05, 3.63) is 40.6 Å². The lowest BCUT2D eigenvalue weighted by Gasteiger charge is -2.32. The third-order valence-electron chi connectivity index (χ3n) is 4.14. The van der Waals surface area contributed by atoms with E-state index in [4.69, 9.17) is 4.74 Å². The number of hydrogen-bond acceptors (Lipinski definition) is 6. The minimum atomic E-state index is -0.0293. The van der Waals surface area contributed by atoms with Gasteiger partial charge in [-0.1, -0.05) is 0 Å². The standard InChI is InChI=1S/C16H21N5O2/c1-12-3-4-15(19-18-12)23-10-13-5-7-21(8-6-13)14-9-16(22)20(2)11-17-14/h3-4,9,11,13H,5-8,10H2,1-2H3. The molecule has 2 aromatic rings. The number of piperidine rings is 1. The maximum absolute atomic E-state index is 11.7. The van der Waals surface area contributed by atoms with E-state index < -0.39 is 0 Å². The molecule has 0 aromatic carbocycles. The summed E-state index contributed by atoms with van der Waals surface area (Å²) in [5.74, 6) is 1.82. The molecule has 23 heavy (non-hydrogen) atoms. The van der Waals surface area contributed by atoms with Crippen LogP contribution in [0.2, 0.25) is 0 Å². The number of aryl methyl sites for hydroxylation is 2. The van der Waals surface area contributed by atoms with Crippen LogP contribution in [0.3, 0.4) is 0 Å². The molecule has 1 aliphatic heterocycles. The second-order valence-electron chi connectivity index (χ2n) is 5.95. The highest BCUT2D eigenvalue weighted by Crippen LogP contribution is 2.21. The van der Waals surface area contributed by atoms with Crippen molar-refractivity contribution in [1.29, 1.82) is 0 Å². The number of aromatic nitrogens is 4. The van der Waals surface area contributed by atoms with Gasteiger partial charge in [0.25, 0.3) is 5.56 Å². The second-order valence-corrected chi connectivity index (χ2v) is 5.95. The number of ether oxygens (including phenoxy) is 1. The van der Waals surface area contributed by atoms with E-state index in [0.29, 0.717) is 18.4 Å². The fraction of sp³-hybridized carbons (Fsp3) is 0.500. The molecular weight excluding hydrogens is 294 g/mol. The fourth-order valence-electron chi connectivity index (χ4n) is 2.62. The van der Waals surface area contributed by atoms with Crippen LogP contribution in [0.5, 0.6) is 5.88 Å². The molecule has 1 saturated heterocycles. The molecule has 7 heteroatoms. The first-order valence-corrected chi connectivity index (χ1v) is 7.82. The molecule has 0 spiro atoms. The maximum atomic E-state index is 11.7. The molecule has 3 rings (SSSR count). The molecule has 3 heterocycles. The normalized spacial score (nSPS) is 15.7. The maximum Gasteiger partial charge on any atom is 0.255 e. The predicted molar refractivity (Wildman–Crippen MR) is 86.7 cm³/mol. The van der Waals surface area contributed by atoms with Gasteiger partial charge in [-0.3, -0.25) is 4.79 Å². The van der Waals surface area contributed by atoms with Gasteiger partial charge in [0.1, 0.15) is 5.82 Å². The minimum absolute atomic E-state index is 0.0293. The molecular formula is C16H21N5O2. The van der Waals surface area contributed by atoms with Crippen LogP contribution in [0.1, 0.15) is 18.5 Å². The summed E-state index contributed by atoms with van der Waals surface area (Å²) < 4.78 is 7.19. The van der Waals surface area contributed by atoms with E-state index >= 15 is 0 Å². The average molecular weight is 315 g/mol. The van der Waals surface area contributed by atoms with Crippen molar-refractivity contribution in [2.45, 2.75) is 19.8 Å². The highest BCUT2D eigenvalue weighted by Gasteiger charge is 2.21. The summed E-state index contributed by atoms with van der Waals surface area (Å²) in [7, 11) is 1.71. The topological polar surface area (TPSA) is 73.1 Å². The van der Waals surface area contributed by atoms with E-state index in [-0.39, 0.29) is 5.56 Å². The van der Waals surface area contributed by atoms with Gasteiger partial charge in [-0.2, -0.15) is 5.10 Å². The molecule has 0 atom stereocenters. The van der Waals surface area contributed by atoms with Crippen LogP contribution in [0.4, 0.5) is 5.82 Å². The van der Waals surface area contributed by atoms with E-state index in [1.54, 1.807) is 19.4 Å². The van der Waals surface area contributed by atoms with Gasteiger partial charge in [0.05, 0.1) is 18.6 Å². The predicted octanol–water partition coefficient (Wildman–Crippen LogP) is 1.17. The first-order valence-electron chi connectivity index (χ1n) is 7.82. The number of rotatable bonds is 4. The van der Waals surface area contributed by atoms with Crippen LogP contribution < -0.4 is 15.2 Å².